The smallest absolute Gasteiger partial charge is 0.0994 e. The van der Waals surface area contributed by atoms with Crippen LogP contribution < -0.4 is 5.11 Å². The second kappa shape index (κ2) is 5.83. The van der Waals surface area contributed by atoms with Gasteiger partial charge in [-0.05, 0) is 23.6 Å². The van der Waals surface area contributed by atoms with E-state index in [1.165, 1.54) is 0 Å². The second-order valence-corrected chi connectivity index (χ2v) is 4.24. The zero-order valence-corrected chi connectivity index (χ0v) is 10.2. The summed E-state index contributed by atoms with van der Waals surface area (Å²) in [7, 11) is 0. The van der Waals surface area contributed by atoms with Gasteiger partial charge in [-0.2, -0.15) is 5.26 Å². The standard InChI is InChI=1S/C16H13NO2/c17-11-13-8-4-5-9-14(13)15(10-16(18)19)12-6-2-1-3-7-12/h1-9,15H,10H2,(H,18,19)/p-1. The summed E-state index contributed by atoms with van der Waals surface area (Å²) in [6, 6.07) is 18.5. The van der Waals surface area contributed by atoms with E-state index in [0.717, 1.165) is 11.1 Å². The minimum Gasteiger partial charge on any atom is -0.550 e. The number of hydrogen-bond donors (Lipinski definition) is 0. The van der Waals surface area contributed by atoms with Gasteiger partial charge in [0, 0.05) is 11.9 Å². The van der Waals surface area contributed by atoms with E-state index in [0.29, 0.717) is 5.56 Å². The Balaban J connectivity index is 2.50. The number of nitriles is 1. The predicted octanol–water partition coefficient (Wildman–Crippen LogP) is 1.83. The Morgan fingerprint density at radius 3 is 2.37 bits per heavy atom. The number of carbonyl (C=O) groups is 1. The third kappa shape index (κ3) is 2.99. The highest BCUT2D eigenvalue weighted by atomic mass is 16.4. The maximum absolute atomic E-state index is 11.0. The molecule has 1 atom stereocenters. The highest BCUT2D eigenvalue weighted by molar-refractivity contribution is 5.67. The van der Waals surface area contributed by atoms with Crippen molar-refractivity contribution in [3.63, 3.8) is 0 Å². The first-order valence-corrected chi connectivity index (χ1v) is 5.96. The largest absolute Gasteiger partial charge is 0.550 e. The lowest BCUT2D eigenvalue weighted by Gasteiger charge is -2.19. The average molecular weight is 250 g/mol. The van der Waals surface area contributed by atoms with Crippen molar-refractivity contribution in [1.82, 2.24) is 0 Å². The van der Waals surface area contributed by atoms with E-state index in [4.69, 9.17) is 5.26 Å². The Labute approximate surface area is 111 Å². The van der Waals surface area contributed by atoms with Gasteiger partial charge in [0.15, 0.2) is 0 Å². The van der Waals surface area contributed by atoms with Crippen molar-refractivity contribution in [2.75, 3.05) is 0 Å². The number of rotatable bonds is 4. The number of nitrogens with zero attached hydrogens (tertiary/aromatic N) is 1. The predicted molar refractivity (Wildman–Crippen MR) is 69.1 cm³/mol. The van der Waals surface area contributed by atoms with Crippen LogP contribution in [0, 0.1) is 11.3 Å². The lowest BCUT2D eigenvalue weighted by atomic mass is 9.86. The number of aliphatic carboxylic acids is 1. The topological polar surface area (TPSA) is 63.9 Å². The van der Waals surface area contributed by atoms with Crippen LogP contribution in [0.15, 0.2) is 54.6 Å². The van der Waals surface area contributed by atoms with Crippen LogP contribution in [0.5, 0.6) is 0 Å². The van der Waals surface area contributed by atoms with Crippen LogP contribution >= 0.6 is 0 Å². The Kier molecular flexibility index (Phi) is 3.94. The molecule has 1 unspecified atom stereocenters. The van der Waals surface area contributed by atoms with Crippen LogP contribution in [0.3, 0.4) is 0 Å². The quantitative estimate of drug-likeness (QED) is 0.831. The second-order valence-electron chi connectivity index (χ2n) is 4.24. The zero-order chi connectivity index (χ0) is 13.7. The van der Waals surface area contributed by atoms with E-state index in [1.807, 2.05) is 30.3 Å². The van der Waals surface area contributed by atoms with Crippen LogP contribution in [0.25, 0.3) is 0 Å². The van der Waals surface area contributed by atoms with Gasteiger partial charge in [-0.3, -0.25) is 0 Å². The molecular weight excluding hydrogens is 238 g/mol. The molecule has 0 amide bonds. The molecule has 0 aliphatic heterocycles. The van der Waals surface area contributed by atoms with Gasteiger partial charge in [0.25, 0.3) is 0 Å². The van der Waals surface area contributed by atoms with Crippen LogP contribution in [0.2, 0.25) is 0 Å². The molecule has 0 N–H and O–H groups in total. The molecule has 0 fully saturated rings. The van der Waals surface area contributed by atoms with Crippen LogP contribution in [0.4, 0.5) is 0 Å². The van der Waals surface area contributed by atoms with Gasteiger partial charge in [-0.25, -0.2) is 0 Å². The molecule has 2 aromatic rings. The summed E-state index contributed by atoms with van der Waals surface area (Å²) in [5.74, 6) is -1.48. The number of carboxylic acid groups (broad SMARTS) is 1. The molecule has 0 heterocycles. The lowest BCUT2D eigenvalue weighted by molar-refractivity contribution is -0.305. The van der Waals surface area contributed by atoms with Gasteiger partial charge in [0.1, 0.15) is 0 Å². The molecule has 0 aliphatic carbocycles. The first-order chi connectivity index (χ1) is 9.22. The summed E-state index contributed by atoms with van der Waals surface area (Å²) in [4.78, 5) is 11.0. The van der Waals surface area contributed by atoms with Crippen molar-refractivity contribution in [2.45, 2.75) is 12.3 Å². The summed E-state index contributed by atoms with van der Waals surface area (Å²) in [5.41, 5.74) is 2.09. The molecule has 3 heteroatoms. The Morgan fingerprint density at radius 1 is 1.11 bits per heavy atom. The summed E-state index contributed by atoms with van der Waals surface area (Å²) in [6.07, 6.45) is -0.136. The first-order valence-electron chi connectivity index (χ1n) is 5.96. The minimum atomic E-state index is -1.12. The SMILES string of the molecule is N#Cc1ccccc1C(CC(=O)[O-])c1ccccc1. The fourth-order valence-corrected chi connectivity index (χ4v) is 2.16. The van der Waals surface area contributed by atoms with Crippen molar-refractivity contribution in [3.8, 4) is 6.07 Å². The van der Waals surface area contributed by atoms with Crippen molar-refractivity contribution in [1.29, 1.82) is 5.26 Å². The van der Waals surface area contributed by atoms with Crippen LogP contribution in [-0.4, -0.2) is 5.97 Å². The third-order valence-electron chi connectivity index (χ3n) is 3.03. The maximum atomic E-state index is 11.0. The molecule has 2 rings (SSSR count). The van der Waals surface area contributed by atoms with Crippen molar-refractivity contribution in [2.24, 2.45) is 0 Å². The number of benzene rings is 2. The maximum Gasteiger partial charge on any atom is 0.0994 e. The van der Waals surface area contributed by atoms with E-state index in [9.17, 15) is 9.90 Å². The molecule has 0 spiro atoms. The molecule has 0 saturated heterocycles. The molecule has 0 saturated carbocycles. The summed E-state index contributed by atoms with van der Waals surface area (Å²) in [6.45, 7) is 0. The highest BCUT2D eigenvalue weighted by Crippen LogP contribution is 2.29. The monoisotopic (exact) mass is 250 g/mol. The number of carbonyl (C=O) groups excluding carboxylic acids is 1. The van der Waals surface area contributed by atoms with Crippen molar-refractivity contribution in [3.05, 3.63) is 71.3 Å². The third-order valence-corrected chi connectivity index (χ3v) is 3.03. The van der Waals surface area contributed by atoms with Gasteiger partial charge in [0.05, 0.1) is 11.6 Å². The Hall–Kier alpha value is -2.60. The fraction of sp³-hybridized carbons (Fsp3) is 0.125. The molecule has 0 aromatic heterocycles. The first kappa shape index (κ1) is 12.8. The van der Waals surface area contributed by atoms with Gasteiger partial charge >= 0.3 is 0 Å². The number of carboxylic acids is 1. The van der Waals surface area contributed by atoms with Gasteiger partial charge in [-0.1, -0.05) is 48.5 Å². The van der Waals surface area contributed by atoms with Crippen LogP contribution in [0.1, 0.15) is 29.0 Å². The zero-order valence-electron chi connectivity index (χ0n) is 10.2. The highest BCUT2D eigenvalue weighted by Gasteiger charge is 2.17. The van der Waals surface area contributed by atoms with E-state index in [2.05, 4.69) is 6.07 Å². The summed E-state index contributed by atoms with van der Waals surface area (Å²) >= 11 is 0. The van der Waals surface area contributed by atoms with E-state index in [-0.39, 0.29) is 12.3 Å². The number of hydrogen-bond acceptors (Lipinski definition) is 3. The summed E-state index contributed by atoms with van der Waals surface area (Å²) < 4.78 is 0. The van der Waals surface area contributed by atoms with Gasteiger partial charge in [-0.15, -0.1) is 0 Å². The summed E-state index contributed by atoms with van der Waals surface area (Å²) in [5, 5.41) is 20.1. The Bertz CT molecular complexity index is 614. The molecule has 19 heavy (non-hydrogen) atoms. The van der Waals surface area contributed by atoms with Crippen LogP contribution in [-0.2, 0) is 4.79 Å². The van der Waals surface area contributed by atoms with Gasteiger partial charge < -0.3 is 9.90 Å². The molecule has 2 aromatic carbocycles. The molecule has 0 radical (unpaired) electrons. The lowest BCUT2D eigenvalue weighted by Crippen LogP contribution is -2.25. The van der Waals surface area contributed by atoms with Crippen molar-refractivity contribution >= 4 is 5.97 Å². The molecule has 0 bridgehead atoms. The molecule has 0 aliphatic rings. The Morgan fingerprint density at radius 2 is 1.74 bits per heavy atom. The minimum absolute atomic E-state index is 0.136. The van der Waals surface area contributed by atoms with E-state index in [1.54, 1.807) is 24.3 Å². The van der Waals surface area contributed by atoms with Crippen molar-refractivity contribution < 1.29 is 9.90 Å². The fourth-order valence-electron chi connectivity index (χ4n) is 2.16. The van der Waals surface area contributed by atoms with E-state index < -0.39 is 5.97 Å². The normalized spacial score (nSPS) is 11.5. The molecule has 94 valence electrons. The average Bonchev–Trinajstić information content (AvgIpc) is 2.45. The van der Waals surface area contributed by atoms with E-state index >= 15 is 0 Å². The molecule has 3 nitrogen and oxygen atoms in total. The van der Waals surface area contributed by atoms with Gasteiger partial charge in [0.2, 0.25) is 0 Å². The molecular formula is C16H12NO2-.